The van der Waals surface area contributed by atoms with E-state index in [0.29, 0.717) is 54.8 Å². The summed E-state index contributed by atoms with van der Waals surface area (Å²) in [6, 6.07) is 4.22. The Hall–Kier alpha value is -4.25. The largest absolute Gasteiger partial charge is 0.475 e. The fourth-order valence-electron chi connectivity index (χ4n) is 7.81. The first kappa shape index (κ1) is 45.3. The number of hydrogen-bond donors (Lipinski definition) is 3. The Bertz CT molecular complexity index is 2160. The van der Waals surface area contributed by atoms with Crippen molar-refractivity contribution in [2.45, 2.75) is 146 Å². The zero-order valence-electron chi connectivity index (χ0n) is 35.3. The monoisotopic (exact) mass is 879 g/mol. The number of pyridine rings is 1. The molecule has 1 aromatic heterocycles. The smallest absolute Gasteiger partial charge is 0.408 e. The van der Waals surface area contributed by atoms with Gasteiger partial charge in [0.25, 0.3) is 11.8 Å². The average Bonchev–Trinajstić information content (AvgIpc) is 4.01. The van der Waals surface area contributed by atoms with Crippen LogP contribution in [0.3, 0.4) is 0 Å². The number of rotatable bonds is 10. The van der Waals surface area contributed by atoms with Crippen LogP contribution in [-0.4, -0.2) is 94.8 Å². The highest BCUT2D eigenvalue weighted by atomic mass is 35.5. The van der Waals surface area contributed by atoms with Crippen molar-refractivity contribution in [2.24, 2.45) is 17.8 Å². The first-order chi connectivity index (χ1) is 27.9. The minimum absolute atomic E-state index is 0.00716. The van der Waals surface area contributed by atoms with Crippen molar-refractivity contribution in [3.8, 4) is 11.8 Å². The molecule has 0 bridgehead atoms. The number of nitrogens with zero attached hydrogens (tertiary/aromatic N) is 2. The van der Waals surface area contributed by atoms with Crippen LogP contribution in [0.2, 0.25) is 5.02 Å². The van der Waals surface area contributed by atoms with Crippen LogP contribution in [0.5, 0.6) is 11.8 Å². The number of alkyl carbamates (subject to hydrolysis) is 1. The Morgan fingerprint density at radius 2 is 1.80 bits per heavy atom. The summed E-state index contributed by atoms with van der Waals surface area (Å²) in [6.07, 6.45) is 3.76. The third kappa shape index (κ3) is 9.46. The molecular weight excluding hydrogens is 824 g/mol. The Morgan fingerprint density at radius 3 is 2.45 bits per heavy atom. The van der Waals surface area contributed by atoms with E-state index in [1.54, 1.807) is 38.1 Å². The number of fused-ring (bicyclic) bond motifs is 3. The van der Waals surface area contributed by atoms with Crippen LogP contribution in [0.15, 0.2) is 36.4 Å². The second-order valence-corrected chi connectivity index (χ2v) is 20.7. The molecule has 3 fully saturated rings. The van der Waals surface area contributed by atoms with Crippen molar-refractivity contribution in [3.63, 3.8) is 0 Å². The van der Waals surface area contributed by atoms with E-state index in [0.717, 1.165) is 13.8 Å². The van der Waals surface area contributed by atoms with E-state index < -0.39 is 85.7 Å². The summed E-state index contributed by atoms with van der Waals surface area (Å²) in [5, 5.41) is 6.91. The number of nitrogens with one attached hydrogen (secondary N) is 3. The minimum Gasteiger partial charge on any atom is -0.475 e. The summed E-state index contributed by atoms with van der Waals surface area (Å²) in [4.78, 5) is 62.7. The molecule has 4 amide bonds. The van der Waals surface area contributed by atoms with Gasteiger partial charge in [-0.2, -0.15) is 4.98 Å². The van der Waals surface area contributed by atoms with Crippen molar-refractivity contribution < 1.29 is 50.6 Å². The van der Waals surface area contributed by atoms with Gasteiger partial charge in [0.1, 0.15) is 23.7 Å². The molecule has 2 aliphatic heterocycles. The second kappa shape index (κ2) is 16.6. The van der Waals surface area contributed by atoms with E-state index in [9.17, 15) is 36.4 Å². The van der Waals surface area contributed by atoms with E-state index in [1.807, 2.05) is 32.9 Å². The topological polar surface area (TPSA) is 182 Å². The first-order valence-corrected chi connectivity index (χ1v) is 22.4. The Morgan fingerprint density at radius 1 is 1.10 bits per heavy atom. The van der Waals surface area contributed by atoms with Gasteiger partial charge in [-0.15, -0.1) is 0 Å². The molecule has 2 aliphatic carbocycles. The van der Waals surface area contributed by atoms with Crippen molar-refractivity contribution in [1.82, 2.24) is 25.2 Å². The maximum atomic E-state index is 14.9. The molecular formula is C42H56ClF2N5O9S. The predicted molar refractivity (Wildman–Crippen MR) is 220 cm³/mol. The number of hydrogen-bond acceptors (Lipinski definition) is 10. The summed E-state index contributed by atoms with van der Waals surface area (Å²) >= 11 is 6.58. The zero-order chi connectivity index (χ0) is 44.2. The predicted octanol–water partition coefficient (Wildman–Crippen LogP) is 6.44. The van der Waals surface area contributed by atoms with Gasteiger partial charge in [0.05, 0.1) is 17.4 Å². The number of carbonyl (C=O) groups is 4. The van der Waals surface area contributed by atoms with Crippen LogP contribution in [0.1, 0.15) is 100 Å². The molecule has 3 N–H and O–H groups in total. The summed E-state index contributed by atoms with van der Waals surface area (Å²) in [7, 11) is -4.07. The second-order valence-electron chi connectivity index (χ2n) is 18.1. The molecule has 0 radical (unpaired) electrons. The summed E-state index contributed by atoms with van der Waals surface area (Å²) in [5.74, 6) is -6.51. The number of amides is 4. The molecule has 1 unspecified atom stereocenters. The van der Waals surface area contributed by atoms with E-state index in [4.69, 9.17) is 25.8 Å². The Labute approximate surface area is 354 Å². The number of carbonyl (C=O) groups excluding carboxylic acids is 4. The Balaban J connectivity index is 1.38. The van der Waals surface area contributed by atoms with E-state index in [2.05, 4.69) is 20.3 Å². The van der Waals surface area contributed by atoms with Gasteiger partial charge in [0.2, 0.25) is 33.6 Å². The molecule has 0 spiro atoms. The molecule has 4 aliphatic rings. The van der Waals surface area contributed by atoms with Crippen LogP contribution in [0.4, 0.5) is 13.6 Å². The number of ether oxygens (including phenoxy) is 3. The van der Waals surface area contributed by atoms with Crippen LogP contribution in [0, 0.1) is 17.8 Å². The molecule has 18 heteroatoms. The highest BCUT2D eigenvalue weighted by molar-refractivity contribution is 7.91. The standard InChI is InChI=1S/C42H56ClF2N5O9S/c1-23(2)57-32-20-29-28(14-11-15-30(29)43)35(46-32)58-27-19-31-34(51)48-42(37(53)49-60(55,56)40(7)16-17-40)21-26(42)13-10-9-12-24(3)18-25(4)33(36(52)50(31)22-27)47-38(54)59-39(5,6)41(8,44)45/h10-11,13-15,20,23-27,31,33H,9,12,16-19,21-22H2,1-8H3,(H,47,54)(H,48,51)(H,49,53)/b13-10-/t24-,25+,26?,27+,31-,33-,42+/m0/s1. The molecule has 2 saturated carbocycles. The fraction of sp³-hybridized carbons (Fsp3) is 0.643. The summed E-state index contributed by atoms with van der Waals surface area (Å²) in [5.41, 5.74) is -3.86. The minimum atomic E-state index is -4.07. The van der Waals surface area contributed by atoms with Crippen molar-refractivity contribution in [2.75, 3.05) is 6.54 Å². The van der Waals surface area contributed by atoms with Gasteiger partial charge in [-0.25, -0.2) is 22.0 Å². The third-order valence-electron chi connectivity index (χ3n) is 12.3. The van der Waals surface area contributed by atoms with Gasteiger partial charge in [-0.1, -0.05) is 43.7 Å². The van der Waals surface area contributed by atoms with Crippen molar-refractivity contribution in [3.05, 3.63) is 41.4 Å². The summed E-state index contributed by atoms with van der Waals surface area (Å²) < 4.78 is 74.1. The van der Waals surface area contributed by atoms with E-state index >= 15 is 0 Å². The maximum Gasteiger partial charge on any atom is 0.408 e. The molecule has 3 heterocycles. The first-order valence-electron chi connectivity index (χ1n) is 20.5. The third-order valence-corrected chi connectivity index (χ3v) is 14.8. The molecule has 1 aromatic carbocycles. The molecule has 6 rings (SSSR count). The van der Waals surface area contributed by atoms with Gasteiger partial charge >= 0.3 is 6.09 Å². The highest BCUT2D eigenvalue weighted by Crippen LogP contribution is 2.48. The quantitative estimate of drug-likeness (QED) is 0.225. The average molecular weight is 880 g/mol. The number of aromatic nitrogens is 1. The van der Waals surface area contributed by atoms with Crippen LogP contribution in [0.25, 0.3) is 10.8 Å². The highest BCUT2D eigenvalue weighted by Gasteiger charge is 2.63. The zero-order valence-corrected chi connectivity index (χ0v) is 36.8. The fourth-order valence-corrected chi connectivity index (χ4v) is 9.35. The number of alkyl halides is 2. The number of sulfonamides is 1. The van der Waals surface area contributed by atoms with E-state index in [-0.39, 0.29) is 43.2 Å². The molecule has 330 valence electrons. The number of halogens is 3. The lowest BCUT2D eigenvalue weighted by Gasteiger charge is -2.35. The van der Waals surface area contributed by atoms with Crippen LogP contribution < -0.4 is 24.8 Å². The van der Waals surface area contributed by atoms with Crippen molar-refractivity contribution >= 4 is 56.2 Å². The SMILES string of the molecule is CC(C)Oc1cc2c(Cl)cccc2c(O[C@@H]2C[C@H]3C(=O)N[C@]4(C(=O)NS(=O)(=O)C5(C)CC5)CC4/C=C\CC[C@H](C)C[C@@H](C)[C@H](NC(=O)OC(C)(C)C(C)(F)F)C(=O)N3C2)n1. The van der Waals surface area contributed by atoms with Gasteiger partial charge in [-0.05, 0) is 97.1 Å². The van der Waals surface area contributed by atoms with Crippen molar-refractivity contribution in [1.29, 1.82) is 0 Å². The molecule has 7 atom stereocenters. The molecule has 1 saturated heterocycles. The van der Waals surface area contributed by atoms with E-state index in [1.165, 1.54) is 4.90 Å². The normalized spacial score (nSPS) is 29.0. The lowest BCUT2D eigenvalue weighted by Crippen LogP contribution is -2.59. The number of allylic oxidation sites excluding steroid dienone is 1. The molecule has 60 heavy (non-hydrogen) atoms. The van der Waals surface area contributed by atoms with Crippen LogP contribution >= 0.6 is 11.6 Å². The maximum absolute atomic E-state index is 14.9. The molecule has 2 aromatic rings. The lowest BCUT2D eigenvalue weighted by atomic mass is 9.88. The number of benzene rings is 1. The molecule has 14 nitrogen and oxygen atoms in total. The lowest BCUT2D eigenvalue weighted by molar-refractivity contribution is -0.152. The van der Waals surface area contributed by atoms with Gasteiger partial charge in [0.15, 0.2) is 5.60 Å². The van der Waals surface area contributed by atoms with Crippen LogP contribution in [-0.2, 0) is 29.1 Å². The van der Waals surface area contributed by atoms with Gasteiger partial charge in [-0.3, -0.25) is 19.1 Å². The Kier molecular flexibility index (Phi) is 12.5. The van der Waals surface area contributed by atoms with Gasteiger partial charge < -0.3 is 29.7 Å². The summed E-state index contributed by atoms with van der Waals surface area (Å²) in [6.45, 7) is 11.5. The van der Waals surface area contributed by atoms with Gasteiger partial charge in [0, 0.05) is 41.1 Å².